The SMILES string of the molecule is CCC(=O)N1CC[N+](C)(Cc2ccccc2)CC1. The van der Waals surface area contributed by atoms with Crippen molar-refractivity contribution in [3.05, 3.63) is 35.9 Å². The maximum absolute atomic E-state index is 11.7. The van der Waals surface area contributed by atoms with Gasteiger partial charge in [0.1, 0.15) is 6.54 Å². The third-order valence-electron chi connectivity index (χ3n) is 3.88. The van der Waals surface area contributed by atoms with Gasteiger partial charge >= 0.3 is 0 Å². The molecule has 1 aliphatic heterocycles. The van der Waals surface area contributed by atoms with Crippen LogP contribution in [0.5, 0.6) is 0 Å². The van der Waals surface area contributed by atoms with Crippen molar-refractivity contribution in [1.82, 2.24) is 4.90 Å². The summed E-state index contributed by atoms with van der Waals surface area (Å²) >= 11 is 0. The molecular formula is C15H23N2O+. The topological polar surface area (TPSA) is 20.3 Å². The van der Waals surface area contributed by atoms with Crippen LogP contribution in [0.15, 0.2) is 30.3 Å². The summed E-state index contributed by atoms with van der Waals surface area (Å²) in [5.41, 5.74) is 1.38. The van der Waals surface area contributed by atoms with Crippen LogP contribution in [0.3, 0.4) is 0 Å². The maximum Gasteiger partial charge on any atom is 0.222 e. The van der Waals surface area contributed by atoms with Gasteiger partial charge in [-0.3, -0.25) is 4.79 Å². The molecule has 0 N–H and O–H groups in total. The number of nitrogens with zero attached hydrogens (tertiary/aromatic N) is 2. The molecule has 3 heteroatoms. The second kappa shape index (κ2) is 5.53. The Morgan fingerprint density at radius 3 is 2.39 bits per heavy atom. The Morgan fingerprint density at radius 1 is 1.22 bits per heavy atom. The number of amides is 1. The van der Waals surface area contributed by atoms with Crippen LogP contribution in [0.2, 0.25) is 0 Å². The van der Waals surface area contributed by atoms with Crippen molar-refractivity contribution in [1.29, 1.82) is 0 Å². The molecular weight excluding hydrogens is 224 g/mol. The third kappa shape index (κ3) is 3.10. The molecule has 18 heavy (non-hydrogen) atoms. The summed E-state index contributed by atoms with van der Waals surface area (Å²) in [5, 5.41) is 0. The molecule has 0 aliphatic carbocycles. The van der Waals surface area contributed by atoms with Crippen LogP contribution in [0.25, 0.3) is 0 Å². The van der Waals surface area contributed by atoms with Crippen molar-refractivity contribution in [2.24, 2.45) is 0 Å². The van der Waals surface area contributed by atoms with Crippen molar-refractivity contribution in [2.75, 3.05) is 33.2 Å². The van der Waals surface area contributed by atoms with Crippen LogP contribution in [0.4, 0.5) is 0 Å². The first-order chi connectivity index (χ1) is 8.63. The van der Waals surface area contributed by atoms with Crippen LogP contribution in [0.1, 0.15) is 18.9 Å². The Balaban J connectivity index is 1.93. The fourth-order valence-corrected chi connectivity index (χ4v) is 2.60. The number of rotatable bonds is 3. The highest BCUT2D eigenvalue weighted by molar-refractivity contribution is 5.75. The summed E-state index contributed by atoms with van der Waals surface area (Å²) in [6.45, 7) is 6.91. The van der Waals surface area contributed by atoms with Gasteiger partial charge in [-0.15, -0.1) is 0 Å². The predicted octanol–water partition coefficient (Wildman–Crippen LogP) is 1.89. The molecule has 0 atom stereocenters. The molecule has 1 fully saturated rings. The fourth-order valence-electron chi connectivity index (χ4n) is 2.60. The number of quaternary nitrogens is 1. The molecule has 1 aromatic rings. The Hall–Kier alpha value is -1.35. The van der Waals surface area contributed by atoms with Gasteiger partial charge in [0, 0.05) is 12.0 Å². The number of carbonyl (C=O) groups is 1. The summed E-state index contributed by atoms with van der Waals surface area (Å²) in [6, 6.07) is 10.6. The van der Waals surface area contributed by atoms with Gasteiger partial charge in [-0.25, -0.2) is 0 Å². The molecule has 1 aliphatic rings. The molecule has 0 unspecified atom stereocenters. The Labute approximate surface area is 110 Å². The van der Waals surface area contributed by atoms with Crippen LogP contribution in [-0.2, 0) is 11.3 Å². The largest absolute Gasteiger partial charge is 0.331 e. The zero-order valence-electron chi connectivity index (χ0n) is 11.4. The lowest BCUT2D eigenvalue weighted by Gasteiger charge is -2.42. The van der Waals surface area contributed by atoms with Gasteiger partial charge in [0.25, 0.3) is 0 Å². The summed E-state index contributed by atoms with van der Waals surface area (Å²) in [4.78, 5) is 13.7. The summed E-state index contributed by atoms with van der Waals surface area (Å²) in [6.07, 6.45) is 0.627. The summed E-state index contributed by atoms with van der Waals surface area (Å²) in [7, 11) is 2.29. The van der Waals surface area contributed by atoms with E-state index in [1.807, 2.05) is 11.8 Å². The van der Waals surface area contributed by atoms with Gasteiger partial charge in [-0.05, 0) is 0 Å². The first-order valence-corrected chi connectivity index (χ1v) is 6.78. The Bertz CT molecular complexity index is 394. The van der Waals surface area contributed by atoms with Crippen molar-refractivity contribution in [3.8, 4) is 0 Å². The van der Waals surface area contributed by atoms with E-state index in [4.69, 9.17) is 0 Å². The lowest BCUT2D eigenvalue weighted by Crippen LogP contribution is -2.57. The minimum absolute atomic E-state index is 0.293. The summed E-state index contributed by atoms with van der Waals surface area (Å²) < 4.78 is 1.04. The zero-order chi connectivity index (χ0) is 13.0. The van der Waals surface area contributed by atoms with Crippen LogP contribution < -0.4 is 0 Å². The van der Waals surface area contributed by atoms with Gasteiger partial charge in [-0.1, -0.05) is 37.3 Å². The average molecular weight is 247 g/mol. The standard InChI is InChI=1S/C15H23N2O/c1-3-15(18)16-9-11-17(2,12-10-16)13-14-7-5-4-6-8-14/h4-8H,3,9-13H2,1-2H3/q+1. The minimum atomic E-state index is 0.293. The van der Waals surface area contributed by atoms with E-state index < -0.39 is 0 Å². The van der Waals surface area contributed by atoms with Gasteiger partial charge in [0.05, 0.1) is 33.2 Å². The van der Waals surface area contributed by atoms with Crippen LogP contribution in [-0.4, -0.2) is 48.5 Å². The number of hydrogen-bond acceptors (Lipinski definition) is 1. The van der Waals surface area contributed by atoms with E-state index in [0.717, 1.165) is 37.2 Å². The molecule has 0 bridgehead atoms. The second-order valence-electron chi connectivity index (χ2n) is 5.44. The number of piperazine rings is 1. The van der Waals surface area contributed by atoms with Crippen molar-refractivity contribution < 1.29 is 9.28 Å². The highest BCUT2D eigenvalue weighted by Gasteiger charge is 2.30. The zero-order valence-corrected chi connectivity index (χ0v) is 11.4. The van der Waals surface area contributed by atoms with Gasteiger partial charge in [-0.2, -0.15) is 0 Å². The van der Waals surface area contributed by atoms with Crippen molar-refractivity contribution in [3.63, 3.8) is 0 Å². The third-order valence-corrected chi connectivity index (χ3v) is 3.88. The lowest BCUT2D eigenvalue weighted by molar-refractivity contribution is -0.926. The number of carbonyl (C=O) groups excluding carboxylic acids is 1. The van der Waals surface area contributed by atoms with E-state index in [-0.39, 0.29) is 0 Å². The molecule has 0 spiro atoms. The number of likely N-dealkylation sites (N-methyl/N-ethyl adjacent to an activating group) is 1. The molecule has 1 heterocycles. The molecule has 0 saturated carbocycles. The normalized spacial score (nSPS) is 18.7. The lowest BCUT2D eigenvalue weighted by atomic mass is 10.1. The number of hydrogen-bond donors (Lipinski definition) is 0. The fraction of sp³-hybridized carbons (Fsp3) is 0.533. The van der Waals surface area contributed by atoms with E-state index in [0.29, 0.717) is 12.3 Å². The van der Waals surface area contributed by atoms with Crippen molar-refractivity contribution >= 4 is 5.91 Å². The molecule has 0 aromatic heterocycles. The van der Waals surface area contributed by atoms with E-state index in [1.165, 1.54) is 5.56 Å². The first kappa shape index (κ1) is 13.1. The van der Waals surface area contributed by atoms with Gasteiger partial charge in [0.2, 0.25) is 5.91 Å². The highest BCUT2D eigenvalue weighted by Crippen LogP contribution is 2.16. The predicted molar refractivity (Wildman–Crippen MR) is 72.9 cm³/mol. The van der Waals surface area contributed by atoms with Crippen LogP contribution in [0, 0.1) is 0 Å². The molecule has 1 aromatic carbocycles. The maximum atomic E-state index is 11.7. The van der Waals surface area contributed by atoms with E-state index in [2.05, 4.69) is 37.4 Å². The minimum Gasteiger partial charge on any atom is -0.331 e. The van der Waals surface area contributed by atoms with Gasteiger partial charge in [0.15, 0.2) is 0 Å². The van der Waals surface area contributed by atoms with Crippen LogP contribution >= 0.6 is 0 Å². The quantitative estimate of drug-likeness (QED) is 0.747. The molecule has 98 valence electrons. The second-order valence-corrected chi connectivity index (χ2v) is 5.44. The van der Waals surface area contributed by atoms with Gasteiger partial charge < -0.3 is 9.38 Å². The van der Waals surface area contributed by atoms with E-state index in [9.17, 15) is 4.79 Å². The Morgan fingerprint density at radius 2 is 1.83 bits per heavy atom. The van der Waals surface area contributed by atoms with E-state index in [1.54, 1.807) is 0 Å². The monoisotopic (exact) mass is 247 g/mol. The molecule has 0 radical (unpaired) electrons. The molecule has 1 saturated heterocycles. The molecule has 1 amide bonds. The van der Waals surface area contributed by atoms with Crippen molar-refractivity contribution in [2.45, 2.75) is 19.9 Å². The number of benzene rings is 1. The first-order valence-electron chi connectivity index (χ1n) is 6.78. The van der Waals surface area contributed by atoms with E-state index >= 15 is 0 Å². The summed E-state index contributed by atoms with van der Waals surface area (Å²) in [5.74, 6) is 0.293. The Kier molecular flexibility index (Phi) is 4.02. The smallest absolute Gasteiger partial charge is 0.222 e. The molecule has 2 rings (SSSR count). The highest BCUT2D eigenvalue weighted by atomic mass is 16.2. The average Bonchev–Trinajstić information content (AvgIpc) is 2.39. The molecule has 3 nitrogen and oxygen atoms in total.